The Kier molecular flexibility index (Phi) is 5.90. The molecular weight excluding hydrogens is 202 g/mol. The lowest BCUT2D eigenvalue weighted by Gasteiger charge is -2.15. The molecule has 0 heterocycles. The van der Waals surface area contributed by atoms with Crippen LogP contribution in [0.1, 0.15) is 31.4 Å². The Labute approximate surface area is 97.4 Å². The minimum absolute atomic E-state index is 0.194. The maximum atomic E-state index is 8.94. The van der Waals surface area contributed by atoms with Crippen molar-refractivity contribution in [2.75, 3.05) is 20.3 Å². The van der Waals surface area contributed by atoms with Gasteiger partial charge in [-0.3, -0.25) is 0 Å². The van der Waals surface area contributed by atoms with E-state index in [1.807, 2.05) is 31.3 Å². The summed E-state index contributed by atoms with van der Waals surface area (Å²) >= 11 is 0. The summed E-state index contributed by atoms with van der Waals surface area (Å²) in [4.78, 5) is 0. The van der Waals surface area contributed by atoms with Crippen molar-refractivity contribution in [1.82, 2.24) is 5.32 Å². The monoisotopic (exact) mass is 223 g/mol. The van der Waals surface area contributed by atoms with E-state index in [-0.39, 0.29) is 12.6 Å². The highest BCUT2D eigenvalue weighted by atomic mass is 16.5. The second kappa shape index (κ2) is 7.25. The fourth-order valence-corrected chi connectivity index (χ4v) is 1.62. The zero-order valence-electron chi connectivity index (χ0n) is 10.1. The molecule has 0 radical (unpaired) electrons. The maximum Gasteiger partial charge on any atom is 0.119 e. The third-order valence-electron chi connectivity index (χ3n) is 2.52. The highest BCUT2D eigenvalue weighted by molar-refractivity contribution is 5.29. The van der Waals surface area contributed by atoms with Crippen molar-refractivity contribution in [2.24, 2.45) is 0 Å². The first-order valence-corrected chi connectivity index (χ1v) is 5.82. The van der Waals surface area contributed by atoms with Crippen molar-refractivity contribution in [3.05, 3.63) is 29.8 Å². The lowest BCUT2D eigenvalue weighted by molar-refractivity contribution is 0.268. The number of hydrogen-bond donors (Lipinski definition) is 2. The van der Waals surface area contributed by atoms with Crippen molar-refractivity contribution in [2.45, 2.75) is 25.8 Å². The lowest BCUT2D eigenvalue weighted by Crippen LogP contribution is -2.17. The van der Waals surface area contributed by atoms with Gasteiger partial charge in [0, 0.05) is 12.6 Å². The van der Waals surface area contributed by atoms with Crippen LogP contribution in [0.15, 0.2) is 24.3 Å². The van der Waals surface area contributed by atoms with Gasteiger partial charge in [-0.15, -0.1) is 0 Å². The number of aliphatic hydroxyl groups is 1. The summed E-state index contributed by atoms with van der Waals surface area (Å²) in [6.45, 7) is 3.04. The molecule has 0 fully saturated rings. The van der Waals surface area contributed by atoms with Crippen LogP contribution in [0.3, 0.4) is 0 Å². The zero-order chi connectivity index (χ0) is 11.8. The van der Waals surface area contributed by atoms with Gasteiger partial charge >= 0.3 is 0 Å². The van der Waals surface area contributed by atoms with Gasteiger partial charge in [0.15, 0.2) is 0 Å². The van der Waals surface area contributed by atoms with Gasteiger partial charge in [0.2, 0.25) is 0 Å². The second-order valence-corrected chi connectivity index (χ2v) is 3.77. The molecular formula is C13H21NO2. The first-order chi connectivity index (χ1) is 7.81. The molecule has 0 aromatic heterocycles. The average molecular weight is 223 g/mol. The predicted molar refractivity (Wildman–Crippen MR) is 65.7 cm³/mol. The Morgan fingerprint density at radius 3 is 2.50 bits per heavy atom. The van der Waals surface area contributed by atoms with E-state index in [0.29, 0.717) is 0 Å². The number of nitrogens with one attached hydrogen (secondary N) is 1. The van der Waals surface area contributed by atoms with Crippen molar-refractivity contribution in [1.29, 1.82) is 0 Å². The Morgan fingerprint density at radius 1 is 1.31 bits per heavy atom. The van der Waals surface area contributed by atoms with Crippen LogP contribution in [0.2, 0.25) is 0 Å². The third kappa shape index (κ3) is 3.83. The van der Waals surface area contributed by atoms with E-state index in [4.69, 9.17) is 9.84 Å². The average Bonchev–Trinajstić information content (AvgIpc) is 2.34. The molecule has 1 rings (SSSR count). The quantitative estimate of drug-likeness (QED) is 0.744. The fourth-order valence-electron chi connectivity index (χ4n) is 1.62. The van der Waals surface area contributed by atoms with Gasteiger partial charge < -0.3 is 15.2 Å². The first-order valence-electron chi connectivity index (χ1n) is 5.82. The summed E-state index contributed by atoms with van der Waals surface area (Å²) in [5, 5.41) is 12.1. The molecule has 1 atom stereocenters. The molecule has 1 unspecified atom stereocenters. The largest absolute Gasteiger partial charge is 0.494 e. The molecule has 0 bridgehead atoms. The van der Waals surface area contributed by atoms with Gasteiger partial charge in [-0.1, -0.05) is 19.1 Å². The number of hydrogen-bond acceptors (Lipinski definition) is 3. The molecule has 0 aliphatic carbocycles. The van der Waals surface area contributed by atoms with Crippen LogP contribution >= 0.6 is 0 Å². The molecule has 1 aromatic carbocycles. The standard InChI is InChI=1S/C13H21NO2/c1-3-10-16-12-6-4-11(5-7-12)13(14-2)8-9-15/h4-7,13-15H,3,8-10H2,1-2H3. The van der Waals surface area contributed by atoms with E-state index in [1.165, 1.54) is 5.56 Å². The van der Waals surface area contributed by atoms with E-state index >= 15 is 0 Å². The van der Waals surface area contributed by atoms with E-state index in [2.05, 4.69) is 12.2 Å². The topological polar surface area (TPSA) is 41.5 Å². The Bertz CT molecular complexity index is 284. The Balaban J connectivity index is 2.61. The van der Waals surface area contributed by atoms with Crippen LogP contribution in [0, 0.1) is 0 Å². The fraction of sp³-hybridized carbons (Fsp3) is 0.538. The highest BCUT2D eigenvalue weighted by Crippen LogP contribution is 2.19. The molecule has 2 N–H and O–H groups in total. The van der Waals surface area contributed by atoms with E-state index in [1.54, 1.807) is 0 Å². The summed E-state index contributed by atoms with van der Waals surface area (Å²) in [6.07, 6.45) is 1.75. The molecule has 0 amide bonds. The summed E-state index contributed by atoms with van der Waals surface area (Å²) < 4.78 is 5.51. The molecule has 0 saturated carbocycles. The second-order valence-electron chi connectivity index (χ2n) is 3.77. The molecule has 90 valence electrons. The molecule has 0 aliphatic rings. The smallest absolute Gasteiger partial charge is 0.119 e. The van der Waals surface area contributed by atoms with Gasteiger partial charge in [0.05, 0.1) is 6.61 Å². The number of rotatable bonds is 7. The van der Waals surface area contributed by atoms with Crippen molar-refractivity contribution in [3.63, 3.8) is 0 Å². The molecule has 0 spiro atoms. The van der Waals surface area contributed by atoms with Crippen molar-refractivity contribution >= 4 is 0 Å². The van der Waals surface area contributed by atoms with E-state index in [9.17, 15) is 0 Å². The summed E-state index contributed by atoms with van der Waals surface area (Å²) in [7, 11) is 1.90. The molecule has 3 heteroatoms. The summed E-state index contributed by atoms with van der Waals surface area (Å²) in [5.74, 6) is 0.907. The van der Waals surface area contributed by atoms with Crippen LogP contribution in [0.4, 0.5) is 0 Å². The van der Waals surface area contributed by atoms with Crippen LogP contribution in [0.5, 0.6) is 5.75 Å². The van der Waals surface area contributed by atoms with Crippen LogP contribution < -0.4 is 10.1 Å². The minimum Gasteiger partial charge on any atom is -0.494 e. The number of benzene rings is 1. The van der Waals surface area contributed by atoms with Gasteiger partial charge in [-0.05, 0) is 37.6 Å². The molecule has 0 aliphatic heterocycles. The summed E-state index contributed by atoms with van der Waals surface area (Å²) in [6, 6.07) is 8.26. The molecule has 3 nitrogen and oxygen atoms in total. The van der Waals surface area contributed by atoms with Gasteiger partial charge in [-0.2, -0.15) is 0 Å². The number of ether oxygens (including phenoxy) is 1. The minimum atomic E-state index is 0.194. The third-order valence-corrected chi connectivity index (χ3v) is 2.52. The molecule has 16 heavy (non-hydrogen) atoms. The predicted octanol–water partition coefficient (Wildman–Crippen LogP) is 2.12. The highest BCUT2D eigenvalue weighted by Gasteiger charge is 2.07. The Morgan fingerprint density at radius 2 is 2.00 bits per heavy atom. The van der Waals surface area contributed by atoms with Crippen molar-refractivity contribution in [3.8, 4) is 5.75 Å². The van der Waals surface area contributed by atoms with Crippen LogP contribution in [0.25, 0.3) is 0 Å². The van der Waals surface area contributed by atoms with E-state index < -0.39 is 0 Å². The maximum absolute atomic E-state index is 8.94. The van der Waals surface area contributed by atoms with Gasteiger partial charge in [-0.25, -0.2) is 0 Å². The zero-order valence-corrected chi connectivity index (χ0v) is 10.1. The van der Waals surface area contributed by atoms with Crippen molar-refractivity contribution < 1.29 is 9.84 Å². The van der Waals surface area contributed by atoms with Crippen LogP contribution in [-0.4, -0.2) is 25.4 Å². The lowest BCUT2D eigenvalue weighted by atomic mass is 10.0. The Hall–Kier alpha value is -1.06. The van der Waals surface area contributed by atoms with Gasteiger partial charge in [0.25, 0.3) is 0 Å². The van der Waals surface area contributed by atoms with Crippen LogP contribution in [-0.2, 0) is 0 Å². The summed E-state index contributed by atoms with van der Waals surface area (Å²) in [5.41, 5.74) is 1.18. The normalized spacial score (nSPS) is 12.4. The SMILES string of the molecule is CCCOc1ccc(C(CCO)NC)cc1. The van der Waals surface area contributed by atoms with E-state index in [0.717, 1.165) is 25.2 Å². The molecule has 0 saturated heterocycles. The number of aliphatic hydroxyl groups excluding tert-OH is 1. The first kappa shape index (κ1) is 13.0. The van der Waals surface area contributed by atoms with Gasteiger partial charge in [0.1, 0.15) is 5.75 Å². The molecule has 1 aromatic rings.